The average molecular weight is 328 g/mol. The predicted octanol–water partition coefficient (Wildman–Crippen LogP) is 4.24. The molecule has 0 aromatic heterocycles. The zero-order valence-corrected chi connectivity index (χ0v) is 13.9. The SMILES string of the molecule is C=CCCCc1ccccc1.CC1(C(=O)O)C=CC=C(C(=O)O)C1. The third kappa shape index (κ3) is 6.24. The van der Waals surface area contributed by atoms with Gasteiger partial charge in [0.2, 0.25) is 0 Å². The Hall–Kier alpha value is -2.62. The van der Waals surface area contributed by atoms with Crippen LogP contribution in [0.5, 0.6) is 0 Å². The molecule has 0 bridgehead atoms. The normalized spacial score (nSPS) is 18.8. The van der Waals surface area contributed by atoms with Gasteiger partial charge >= 0.3 is 11.9 Å². The smallest absolute Gasteiger partial charge is 0.331 e. The van der Waals surface area contributed by atoms with Crippen LogP contribution in [0.15, 0.2) is 66.8 Å². The maximum Gasteiger partial charge on any atom is 0.331 e. The van der Waals surface area contributed by atoms with Gasteiger partial charge in [0.1, 0.15) is 0 Å². The lowest BCUT2D eigenvalue weighted by molar-refractivity contribution is -0.145. The fraction of sp³-hybridized carbons (Fsp3) is 0.300. The van der Waals surface area contributed by atoms with Crippen LogP contribution >= 0.6 is 0 Å². The Morgan fingerprint density at radius 2 is 1.92 bits per heavy atom. The quantitative estimate of drug-likeness (QED) is 0.605. The van der Waals surface area contributed by atoms with Gasteiger partial charge in [-0.3, -0.25) is 4.79 Å². The number of unbranched alkanes of at least 4 members (excludes halogenated alkanes) is 1. The van der Waals surface area contributed by atoms with Crippen LogP contribution in [0.25, 0.3) is 0 Å². The van der Waals surface area contributed by atoms with Crippen LogP contribution in [0.4, 0.5) is 0 Å². The highest BCUT2D eigenvalue weighted by molar-refractivity contribution is 5.90. The first kappa shape index (κ1) is 19.4. The van der Waals surface area contributed by atoms with Crippen molar-refractivity contribution in [1.82, 2.24) is 0 Å². The highest BCUT2D eigenvalue weighted by atomic mass is 16.4. The van der Waals surface area contributed by atoms with Crippen molar-refractivity contribution in [3.8, 4) is 0 Å². The summed E-state index contributed by atoms with van der Waals surface area (Å²) in [5.74, 6) is -2.06. The summed E-state index contributed by atoms with van der Waals surface area (Å²) >= 11 is 0. The van der Waals surface area contributed by atoms with Crippen LogP contribution in [-0.2, 0) is 16.0 Å². The number of aliphatic carboxylic acids is 2. The highest BCUT2D eigenvalue weighted by Gasteiger charge is 2.34. The van der Waals surface area contributed by atoms with Gasteiger partial charge in [-0.1, -0.05) is 54.6 Å². The number of carbonyl (C=O) groups is 2. The predicted molar refractivity (Wildman–Crippen MR) is 94.8 cm³/mol. The zero-order chi connectivity index (χ0) is 18.0. The molecular formula is C20H24O4. The third-order valence-corrected chi connectivity index (χ3v) is 3.80. The fourth-order valence-corrected chi connectivity index (χ4v) is 2.28. The van der Waals surface area contributed by atoms with Gasteiger partial charge in [-0.05, 0) is 38.2 Å². The molecule has 0 heterocycles. The Bertz CT molecular complexity index is 628. The van der Waals surface area contributed by atoms with Crippen molar-refractivity contribution in [3.63, 3.8) is 0 Å². The molecule has 1 aromatic carbocycles. The van der Waals surface area contributed by atoms with E-state index >= 15 is 0 Å². The maximum atomic E-state index is 10.8. The molecular weight excluding hydrogens is 304 g/mol. The number of allylic oxidation sites excluding steroid dienone is 3. The second kappa shape index (κ2) is 9.50. The first-order valence-electron chi connectivity index (χ1n) is 7.89. The van der Waals surface area contributed by atoms with Gasteiger partial charge in [0.15, 0.2) is 0 Å². The first-order valence-corrected chi connectivity index (χ1v) is 7.89. The van der Waals surface area contributed by atoms with Crippen LogP contribution in [0, 0.1) is 5.41 Å². The Kier molecular flexibility index (Phi) is 7.69. The van der Waals surface area contributed by atoms with Crippen molar-refractivity contribution >= 4 is 11.9 Å². The maximum absolute atomic E-state index is 10.8. The van der Waals surface area contributed by atoms with E-state index in [2.05, 4.69) is 36.9 Å². The summed E-state index contributed by atoms with van der Waals surface area (Å²) in [4.78, 5) is 21.3. The summed E-state index contributed by atoms with van der Waals surface area (Å²) in [5, 5.41) is 17.5. The van der Waals surface area contributed by atoms with Crippen LogP contribution < -0.4 is 0 Å². The second-order valence-electron chi connectivity index (χ2n) is 5.92. The van der Waals surface area contributed by atoms with Crippen molar-refractivity contribution in [2.24, 2.45) is 5.41 Å². The van der Waals surface area contributed by atoms with E-state index in [1.165, 1.54) is 43.6 Å². The van der Waals surface area contributed by atoms with Crippen molar-refractivity contribution in [3.05, 3.63) is 72.4 Å². The van der Waals surface area contributed by atoms with E-state index in [1.807, 2.05) is 6.08 Å². The molecule has 0 fully saturated rings. The summed E-state index contributed by atoms with van der Waals surface area (Å²) in [5.41, 5.74) is 0.476. The van der Waals surface area contributed by atoms with E-state index in [-0.39, 0.29) is 12.0 Å². The minimum absolute atomic E-state index is 0.0359. The molecule has 0 saturated carbocycles. The molecule has 0 aliphatic heterocycles. The van der Waals surface area contributed by atoms with Crippen molar-refractivity contribution in [2.45, 2.75) is 32.6 Å². The molecule has 0 amide bonds. The molecule has 128 valence electrons. The number of aryl methyl sites for hydroxylation is 1. The topological polar surface area (TPSA) is 74.6 Å². The van der Waals surface area contributed by atoms with Gasteiger partial charge < -0.3 is 10.2 Å². The molecule has 24 heavy (non-hydrogen) atoms. The number of rotatable bonds is 6. The minimum Gasteiger partial charge on any atom is -0.481 e. The van der Waals surface area contributed by atoms with E-state index in [0.29, 0.717) is 0 Å². The van der Waals surface area contributed by atoms with Crippen LogP contribution in [0.1, 0.15) is 31.7 Å². The molecule has 0 saturated heterocycles. The first-order chi connectivity index (χ1) is 11.4. The lowest BCUT2D eigenvalue weighted by Crippen LogP contribution is -2.28. The number of hydrogen-bond acceptors (Lipinski definition) is 2. The van der Waals surface area contributed by atoms with E-state index in [9.17, 15) is 9.59 Å². The molecule has 1 aromatic rings. The minimum atomic E-state index is -1.08. The van der Waals surface area contributed by atoms with E-state index in [0.717, 1.165) is 6.42 Å². The van der Waals surface area contributed by atoms with Gasteiger partial charge in [0.25, 0.3) is 0 Å². The summed E-state index contributed by atoms with van der Waals surface area (Å²) in [6, 6.07) is 10.6. The highest BCUT2D eigenvalue weighted by Crippen LogP contribution is 2.31. The van der Waals surface area contributed by atoms with Gasteiger partial charge in [0, 0.05) is 5.57 Å². The standard InChI is InChI=1S/C11H14.C9H10O4/c1-2-3-5-8-11-9-6-4-7-10-11;1-9(8(12)13)4-2-3-6(5-9)7(10)11/h2,4,6-7,9-10H,1,3,5,8H2;2-4H,5H2,1H3,(H,10,11)(H,12,13). The Morgan fingerprint density at radius 3 is 2.46 bits per heavy atom. The second-order valence-corrected chi connectivity index (χ2v) is 5.92. The molecule has 2 N–H and O–H groups in total. The number of carboxylic acid groups (broad SMARTS) is 2. The van der Waals surface area contributed by atoms with E-state index < -0.39 is 17.4 Å². The Morgan fingerprint density at radius 1 is 1.25 bits per heavy atom. The number of hydrogen-bond donors (Lipinski definition) is 2. The Balaban J connectivity index is 0.000000243. The summed E-state index contributed by atoms with van der Waals surface area (Å²) < 4.78 is 0. The van der Waals surface area contributed by atoms with Crippen molar-refractivity contribution in [1.29, 1.82) is 0 Å². The molecule has 0 radical (unpaired) electrons. The summed E-state index contributed by atoms with van der Waals surface area (Å²) in [6.45, 7) is 5.19. The molecule has 0 spiro atoms. The molecule has 1 aliphatic carbocycles. The van der Waals surface area contributed by atoms with Crippen molar-refractivity contribution in [2.75, 3.05) is 0 Å². The lowest BCUT2D eigenvalue weighted by Gasteiger charge is -2.23. The summed E-state index contributed by atoms with van der Waals surface area (Å²) in [6.07, 6.45) is 9.92. The van der Waals surface area contributed by atoms with Crippen LogP contribution in [-0.4, -0.2) is 22.2 Å². The number of benzene rings is 1. The monoisotopic (exact) mass is 328 g/mol. The fourth-order valence-electron chi connectivity index (χ4n) is 2.28. The van der Waals surface area contributed by atoms with E-state index in [4.69, 9.17) is 10.2 Å². The molecule has 4 nitrogen and oxygen atoms in total. The largest absolute Gasteiger partial charge is 0.481 e. The lowest BCUT2D eigenvalue weighted by atomic mass is 9.80. The van der Waals surface area contributed by atoms with E-state index in [1.54, 1.807) is 0 Å². The van der Waals surface area contributed by atoms with Gasteiger partial charge in [-0.15, -0.1) is 6.58 Å². The third-order valence-electron chi connectivity index (χ3n) is 3.80. The molecule has 1 aliphatic rings. The summed E-state index contributed by atoms with van der Waals surface area (Å²) in [7, 11) is 0. The zero-order valence-electron chi connectivity index (χ0n) is 13.9. The Labute approximate surface area is 142 Å². The van der Waals surface area contributed by atoms with Crippen molar-refractivity contribution < 1.29 is 19.8 Å². The van der Waals surface area contributed by atoms with Crippen LogP contribution in [0.2, 0.25) is 0 Å². The molecule has 1 unspecified atom stereocenters. The van der Waals surface area contributed by atoms with Crippen LogP contribution in [0.3, 0.4) is 0 Å². The van der Waals surface area contributed by atoms with Gasteiger partial charge in [0.05, 0.1) is 5.41 Å². The number of carboxylic acids is 2. The molecule has 2 rings (SSSR count). The molecule has 4 heteroatoms. The van der Waals surface area contributed by atoms with Gasteiger partial charge in [-0.25, -0.2) is 4.79 Å². The molecule has 1 atom stereocenters. The van der Waals surface area contributed by atoms with Gasteiger partial charge in [-0.2, -0.15) is 0 Å². The average Bonchev–Trinajstić information content (AvgIpc) is 2.56.